The van der Waals surface area contributed by atoms with Crippen molar-refractivity contribution in [2.24, 2.45) is 0 Å². The first-order valence-electron chi connectivity index (χ1n) is 8.40. The van der Waals surface area contributed by atoms with Gasteiger partial charge >= 0.3 is 5.97 Å². The number of thioether (sulfide) groups is 1. The summed E-state index contributed by atoms with van der Waals surface area (Å²) in [6.45, 7) is 7.71. The largest absolute Gasteiger partial charge is 0.496 e. The molecule has 140 valence electrons. The number of esters is 1. The zero-order chi connectivity index (χ0) is 19.4. The van der Waals surface area contributed by atoms with Crippen LogP contribution in [0.3, 0.4) is 0 Å². The number of hydrogen-bond donors (Lipinski definition) is 0. The lowest BCUT2D eigenvalue weighted by molar-refractivity contribution is 0.0471. The minimum Gasteiger partial charge on any atom is -0.496 e. The van der Waals surface area contributed by atoms with E-state index in [2.05, 4.69) is 18.4 Å². The van der Waals surface area contributed by atoms with Gasteiger partial charge in [0.2, 0.25) is 5.78 Å². The SMILES string of the molecule is COc1cc(SC)ccc1C(=O)OCC(=O)c1cc(C)n(C(C)C)c1C. The van der Waals surface area contributed by atoms with Crippen molar-refractivity contribution >= 4 is 23.5 Å². The summed E-state index contributed by atoms with van der Waals surface area (Å²) in [5, 5.41) is 0. The van der Waals surface area contributed by atoms with E-state index in [1.807, 2.05) is 32.2 Å². The van der Waals surface area contributed by atoms with Crippen LogP contribution in [0.5, 0.6) is 5.75 Å². The van der Waals surface area contributed by atoms with Gasteiger partial charge in [-0.25, -0.2) is 4.79 Å². The molecule has 0 bridgehead atoms. The van der Waals surface area contributed by atoms with Crippen molar-refractivity contribution in [3.8, 4) is 5.75 Å². The summed E-state index contributed by atoms with van der Waals surface area (Å²) in [5.74, 6) is -0.342. The molecule has 1 aromatic heterocycles. The Morgan fingerprint density at radius 3 is 2.38 bits per heavy atom. The number of Topliss-reactive ketones (excluding diaryl/α,β-unsaturated/α-hetero) is 1. The van der Waals surface area contributed by atoms with Crippen LogP contribution in [0.4, 0.5) is 0 Å². The molecule has 1 aromatic carbocycles. The Morgan fingerprint density at radius 2 is 1.85 bits per heavy atom. The van der Waals surface area contributed by atoms with Gasteiger partial charge in [-0.1, -0.05) is 0 Å². The van der Waals surface area contributed by atoms with Crippen LogP contribution in [0, 0.1) is 13.8 Å². The van der Waals surface area contributed by atoms with Gasteiger partial charge in [-0.2, -0.15) is 0 Å². The van der Waals surface area contributed by atoms with Crippen molar-refractivity contribution < 1.29 is 19.1 Å². The van der Waals surface area contributed by atoms with Gasteiger partial charge in [0.25, 0.3) is 0 Å². The summed E-state index contributed by atoms with van der Waals surface area (Å²) < 4.78 is 12.6. The monoisotopic (exact) mass is 375 g/mol. The Hall–Kier alpha value is -2.21. The van der Waals surface area contributed by atoms with E-state index in [-0.39, 0.29) is 18.4 Å². The fourth-order valence-corrected chi connectivity index (χ4v) is 3.54. The zero-order valence-electron chi connectivity index (χ0n) is 16.1. The number of aryl methyl sites for hydroxylation is 1. The molecule has 0 saturated heterocycles. The number of carbonyl (C=O) groups is 2. The molecule has 0 aliphatic carbocycles. The molecule has 5 nitrogen and oxygen atoms in total. The van der Waals surface area contributed by atoms with Gasteiger partial charge in [0.05, 0.1) is 7.11 Å². The van der Waals surface area contributed by atoms with Crippen LogP contribution in [0.15, 0.2) is 29.2 Å². The lowest BCUT2D eigenvalue weighted by atomic mass is 10.1. The van der Waals surface area contributed by atoms with Crippen molar-refractivity contribution in [1.82, 2.24) is 4.57 Å². The third kappa shape index (κ3) is 4.12. The molecule has 2 rings (SSSR count). The van der Waals surface area contributed by atoms with Crippen molar-refractivity contribution in [3.63, 3.8) is 0 Å². The van der Waals surface area contributed by atoms with Gasteiger partial charge in [-0.15, -0.1) is 11.8 Å². The highest BCUT2D eigenvalue weighted by Gasteiger charge is 2.20. The topological polar surface area (TPSA) is 57.5 Å². The average Bonchev–Trinajstić information content (AvgIpc) is 2.93. The van der Waals surface area contributed by atoms with Crippen LogP contribution in [0.1, 0.15) is 52.0 Å². The molecule has 6 heteroatoms. The molecular weight excluding hydrogens is 350 g/mol. The van der Waals surface area contributed by atoms with Gasteiger partial charge in [0, 0.05) is 27.9 Å². The Labute approximate surface area is 158 Å². The second-order valence-electron chi connectivity index (χ2n) is 6.31. The fraction of sp³-hybridized carbons (Fsp3) is 0.400. The van der Waals surface area contributed by atoms with Crippen LogP contribution in [-0.2, 0) is 4.74 Å². The van der Waals surface area contributed by atoms with Crippen LogP contribution >= 0.6 is 11.8 Å². The summed E-state index contributed by atoms with van der Waals surface area (Å²) in [7, 11) is 1.50. The summed E-state index contributed by atoms with van der Waals surface area (Å²) in [5.41, 5.74) is 2.81. The molecule has 26 heavy (non-hydrogen) atoms. The van der Waals surface area contributed by atoms with Crippen molar-refractivity contribution in [3.05, 3.63) is 46.8 Å². The Morgan fingerprint density at radius 1 is 1.15 bits per heavy atom. The number of aromatic nitrogens is 1. The highest BCUT2D eigenvalue weighted by atomic mass is 32.2. The maximum atomic E-state index is 12.5. The van der Waals surface area contributed by atoms with Crippen LogP contribution in [-0.4, -0.2) is 36.3 Å². The molecule has 0 radical (unpaired) electrons. The second kappa shape index (κ2) is 8.45. The first kappa shape index (κ1) is 20.1. The van der Waals surface area contributed by atoms with E-state index in [1.165, 1.54) is 7.11 Å². The van der Waals surface area contributed by atoms with E-state index < -0.39 is 5.97 Å². The normalized spacial score (nSPS) is 10.9. The molecule has 0 saturated carbocycles. The predicted molar refractivity (Wildman–Crippen MR) is 104 cm³/mol. The zero-order valence-corrected chi connectivity index (χ0v) is 16.9. The predicted octanol–water partition coefficient (Wildman–Crippen LogP) is 4.46. The molecule has 0 N–H and O–H groups in total. The highest BCUT2D eigenvalue weighted by Crippen LogP contribution is 2.26. The number of benzene rings is 1. The molecule has 0 spiro atoms. The van der Waals surface area contributed by atoms with Crippen molar-refractivity contribution in [2.45, 2.75) is 38.6 Å². The number of ether oxygens (including phenoxy) is 2. The second-order valence-corrected chi connectivity index (χ2v) is 7.19. The van der Waals surface area contributed by atoms with Gasteiger partial charge in [0.1, 0.15) is 11.3 Å². The minimum atomic E-state index is -0.569. The first-order valence-corrected chi connectivity index (χ1v) is 9.63. The maximum Gasteiger partial charge on any atom is 0.342 e. The van der Waals surface area contributed by atoms with Crippen LogP contribution in [0.2, 0.25) is 0 Å². The first-order chi connectivity index (χ1) is 12.3. The molecule has 1 heterocycles. The molecule has 0 aliphatic rings. The van der Waals surface area contributed by atoms with Crippen molar-refractivity contribution in [2.75, 3.05) is 20.0 Å². The van der Waals surface area contributed by atoms with Gasteiger partial charge < -0.3 is 14.0 Å². The molecule has 0 unspecified atom stereocenters. The van der Waals surface area contributed by atoms with E-state index >= 15 is 0 Å². The highest BCUT2D eigenvalue weighted by molar-refractivity contribution is 7.98. The third-order valence-corrected chi connectivity index (χ3v) is 4.99. The number of hydrogen-bond acceptors (Lipinski definition) is 5. The maximum absolute atomic E-state index is 12.5. The minimum absolute atomic E-state index is 0.210. The standard InChI is InChI=1S/C20H25NO4S/c1-12(2)21-13(3)9-17(14(21)4)18(22)11-25-20(23)16-8-7-15(26-6)10-19(16)24-5/h7-10,12H,11H2,1-6H3. The van der Waals surface area contributed by atoms with Gasteiger partial charge in [-0.05, 0) is 58.2 Å². The molecular formula is C20H25NO4S. The smallest absolute Gasteiger partial charge is 0.342 e. The van der Waals surface area contributed by atoms with E-state index in [4.69, 9.17) is 9.47 Å². The van der Waals surface area contributed by atoms with Gasteiger partial charge in [0.15, 0.2) is 6.61 Å². The Bertz CT molecular complexity index is 823. The van der Waals surface area contributed by atoms with Crippen LogP contribution < -0.4 is 4.74 Å². The Balaban J connectivity index is 2.13. The number of carbonyl (C=O) groups excluding carboxylic acids is 2. The molecule has 0 amide bonds. The molecule has 0 atom stereocenters. The van der Waals surface area contributed by atoms with Gasteiger partial charge in [-0.3, -0.25) is 4.79 Å². The molecule has 0 aliphatic heterocycles. The molecule has 2 aromatic rings. The quantitative estimate of drug-likeness (QED) is 0.406. The van der Waals surface area contributed by atoms with E-state index in [9.17, 15) is 9.59 Å². The lowest BCUT2D eigenvalue weighted by Crippen LogP contribution is -2.16. The Kier molecular flexibility index (Phi) is 6.53. The van der Waals surface area contributed by atoms with Crippen molar-refractivity contribution in [1.29, 1.82) is 0 Å². The summed E-state index contributed by atoms with van der Waals surface area (Å²) in [4.78, 5) is 25.9. The average molecular weight is 375 g/mol. The fourth-order valence-electron chi connectivity index (χ4n) is 3.11. The number of methoxy groups -OCH3 is 1. The molecule has 0 fully saturated rings. The summed E-state index contributed by atoms with van der Waals surface area (Å²) in [6.07, 6.45) is 1.94. The number of ketones is 1. The summed E-state index contributed by atoms with van der Waals surface area (Å²) in [6, 6.07) is 7.36. The number of nitrogens with zero attached hydrogens (tertiary/aromatic N) is 1. The van der Waals surface area contributed by atoms with E-state index in [1.54, 1.807) is 23.9 Å². The van der Waals surface area contributed by atoms with E-state index in [0.717, 1.165) is 16.3 Å². The number of rotatable bonds is 7. The third-order valence-electron chi connectivity index (χ3n) is 4.26. The lowest BCUT2D eigenvalue weighted by Gasteiger charge is -2.13. The van der Waals surface area contributed by atoms with E-state index in [0.29, 0.717) is 16.9 Å². The summed E-state index contributed by atoms with van der Waals surface area (Å²) >= 11 is 1.55. The van der Waals surface area contributed by atoms with Crippen LogP contribution in [0.25, 0.3) is 0 Å².